The lowest BCUT2D eigenvalue weighted by atomic mass is 10.1. The molecule has 0 saturated carbocycles. The van der Waals surface area contributed by atoms with Gasteiger partial charge in [-0.15, -0.1) is 0 Å². The number of rotatable bonds is 0. The van der Waals surface area contributed by atoms with Crippen LogP contribution in [-0.4, -0.2) is 0 Å². The molecular weight excluding hydrogens is 298 g/mol. The third-order valence-electron chi connectivity index (χ3n) is 3.60. The van der Waals surface area contributed by atoms with Gasteiger partial charge in [0, 0.05) is 5.39 Å². The molecule has 0 spiro atoms. The number of benzene rings is 3. The fourth-order valence-corrected chi connectivity index (χ4v) is 2.57. The van der Waals surface area contributed by atoms with Crippen molar-refractivity contribution in [3.05, 3.63) is 70.4 Å². The summed E-state index contributed by atoms with van der Waals surface area (Å²) >= 11 is 0. The maximum Gasteiger partial charge on any atom is 0.200 e. The predicted octanol–water partition coefficient (Wildman–Crippen LogP) is 5.40. The summed E-state index contributed by atoms with van der Waals surface area (Å²) in [4.78, 5) is 12.4. The van der Waals surface area contributed by atoms with Gasteiger partial charge in [0.2, 0.25) is 5.43 Å². The van der Waals surface area contributed by atoms with Crippen molar-refractivity contribution in [2.75, 3.05) is 0 Å². The number of para-hydroxylation sites is 1. The van der Waals surface area contributed by atoms with Gasteiger partial charge < -0.3 is 4.42 Å². The minimum atomic E-state index is -0.592. The first-order valence-corrected chi connectivity index (χ1v) is 7.38. The van der Waals surface area contributed by atoms with Crippen molar-refractivity contribution in [2.24, 2.45) is 0 Å². The molecule has 1 heterocycles. The van der Waals surface area contributed by atoms with E-state index >= 15 is 0 Å². The molecule has 0 aliphatic carbocycles. The van der Waals surface area contributed by atoms with Gasteiger partial charge in [0.25, 0.3) is 0 Å². The Balaban J connectivity index is 0.000000753. The first-order chi connectivity index (χ1) is 11.1. The minimum Gasteiger partial charge on any atom is -0.453 e. The highest BCUT2D eigenvalue weighted by Crippen LogP contribution is 2.26. The zero-order valence-electron chi connectivity index (χ0n) is 12.7. The highest BCUT2D eigenvalue weighted by molar-refractivity contribution is 5.99. The Morgan fingerprint density at radius 1 is 0.826 bits per heavy atom. The van der Waals surface area contributed by atoms with E-state index in [0.717, 1.165) is 0 Å². The van der Waals surface area contributed by atoms with Crippen LogP contribution in [0.2, 0.25) is 0 Å². The molecule has 0 saturated heterocycles. The van der Waals surface area contributed by atoms with Gasteiger partial charge in [-0.2, -0.15) is 0 Å². The van der Waals surface area contributed by atoms with Gasteiger partial charge in [-0.25, -0.2) is 8.78 Å². The van der Waals surface area contributed by atoms with Crippen LogP contribution in [0.3, 0.4) is 0 Å². The fourth-order valence-electron chi connectivity index (χ4n) is 2.57. The maximum atomic E-state index is 13.8. The quantitative estimate of drug-likeness (QED) is 0.407. The SMILES string of the molecule is CC.O=c1c2cc3c(F)cccc3cc2oc2c(F)cccc12. The summed E-state index contributed by atoms with van der Waals surface area (Å²) in [6, 6.07) is 11.8. The Kier molecular flexibility index (Phi) is 3.82. The maximum absolute atomic E-state index is 13.8. The number of hydrogen-bond donors (Lipinski definition) is 0. The van der Waals surface area contributed by atoms with Crippen molar-refractivity contribution in [1.82, 2.24) is 0 Å². The molecule has 4 rings (SSSR count). The predicted molar refractivity (Wildman–Crippen MR) is 88.8 cm³/mol. The molecule has 3 aromatic carbocycles. The van der Waals surface area contributed by atoms with Gasteiger partial charge in [-0.3, -0.25) is 4.79 Å². The van der Waals surface area contributed by atoms with Gasteiger partial charge in [-0.1, -0.05) is 32.0 Å². The molecule has 116 valence electrons. The molecule has 0 aliphatic rings. The van der Waals surface area contributed by atoms with Crippen molar-refractivity contribution in [3.8, 4) is 0 Å². The van der Waals surface area contributed by atoms with E-state index < -0.39 is 11.6 Å². The van der Waals surface area contributed by atoms with E-state index in [0.29, 0.717) is 10.8 Å². The third kappa shape index (κ3) is 2.36. The van der Waals surface area contributed by atoms with E-state index in [9.17, 15) is 13.6 Å². The Labute approximate surface area is 131 Å². The summed E-state index contributed by atoms with van der Waals surface area (Å²) in [7, 11) is 0. The molecule has 0 aliphatic heterocycles. The van der Waals surface area contributed by atoms with Crippen molar-refractivity contribution in [1.29, 1.82) is 0 Å². The van der Waals surface area contributed by atoms with Crippen LogP contribution >= 0.6 is 0 Å². The minimum absolute atomic E-state index is 0.0780. The van der Waals surface area contributed by atoms with Crippen LogP contribution in [-0.2, 0) is 0 Å². The number of halogens is 2. The van der Waals surface area contributed by atoms with E-state index in [-0.39, 0.29) is 27.4 Å². The second-order valence-electron chi connectivity index (χ2n) is 4.86. The summed E-state index contributed by atoms with van der Waals surface area (Å²) in [5.74, 6) is -1.00. The Morgan fingerprint density at radius 3 is 2.30 bits per heavy atom. The average Bonchev–Trinajstić information content (AvgIpc) is 2.57. The molecular formula is C19H14F2O2. The normalized spacial score (nSPS) is 10.8. The van der Waals surface area contributed by atoms with Crippen molar-refractivity contribution in [3.63, 3.8) is 0 Å². The first kappa shape index (κ1) is 15.2. The van der Waals surface area contributed by atoms with Crippen molar-refractivity contribution >= 4 is 32.7 Å². The largest absolute Gasteiger partial charge is 0.453 e. The molecule has 0 unspecified atom stereocenters. The number of fused-ring (bicyclic) bond motifs is 3. The van der Waals surface area contributed by atoms with E-state index in [2.05, 4.69) is 0 Å². The van der Waals surface area contributed by atoms with Crippen LogP contribution in [0.1, 0.15) is 13.8 Å². The number of hydrogen-bond acceptors (Lipinski definition) is 2. The Bertz CT molecular complexity index is 1080. The molecule has 0 fully saturated rings. The van der Waals surface area contributed by atoms with E-state index in [1.165, 1.54) is 30.3 Å². The van der Waals surface area contributed by atoms with E-state index in [4.69, 9.17) is 4.42 Å². The molecule has 0 amide bonds. The molecule has 4 aromatic rings. The van der Waals surface area contributed by atoms with Gasteiger partial charge >= 0.3 is 0 Å². The van der Waals surface area contributed by atoms with Crippen LogP contribution in [0.5, 0.6) is 0 Å². The van der Waals surface area contributed by atoms with Crippen LogP contribution in [0.15, 0.2) is 57.7 Å². The van der Waals surface area contributed by atoms with Gasteiger partial charge in [0.15, 0.2) is 11.4 Å². The molecule has 0 atom stereocenters. The van der Waals surface area contributed by atoms with E-state index in [1.54, 1.807) is 18.2 Å². The molecule has 0 bridgehead atoms. The van der Waals surface area contributed by atoms with Crippen molar-refractivity contribution < 1.29 is 13.2 Å². The standard InChI is InChI=1S/C17H8F2O2.C2H6/c18-13-5-1-3-9-7-15-12(8-11(9)13)16(20)10-4-2-6-14(19)17(10)21-15;1-2/h1-8H;1-2H3. The topological polar surface area (TPSA) is 30.2 Å². The average molecular weight is 312 g/mol. The summed E-state index contributed by atoms with van der Waals surface area (Å²) in [5, 5.41) is 1.33. The third-order valence-corrected chi connectivity index (χ3v) is 3.60. The smallest absolute Gasteiger partial charge is 0.200 e. The summed E-state index contributed by atoms with van der Waals surface area (Å²) in [6.45, 7) is 4.00. The zero-order chi connectivity index (χ0) is 16.6. The lowest BCUT2D eigenvalue weighted by Gasteiger charge is -2.05. The van der Waals surface area contributed by atoms with E-state index in [1.807, 2.05) is 13.8 Å². The molecule has 4 heteroatoms. The lowest BCUT2D eigenvalue weighted by Crippen LogP contribution is -2.03. The van der Waals surface area contributed by atoms with Crippen molar-refractivity contribution in [2.45, 2.75) is 13.8 Å². The van der Waals surface area contributed by atoms with Gasteiger partial charge in [0.05, 0.1) is 10.8 Å². The molecule has 0 radical (unpaired) electrons. The van der Waals surface area contributed by atoms with Crippen LogP contribution < -0.4 is 5.43 Å². The molecule has 23 heavy (non-hydrogen) atoms. The monoisotopic (exact) mass is 312 g/mol. The summed E-state index contributed by atoms with van der Waals surface area (Å²) in [5.41, 5.74) is -0.197. The van der Waals surface area contributed by atoms with Gasteiger partial charge in [0.1, 0.15) is 11.4 Å². The highest BCUT2D eigenvalue weighted by Gasteiger charge is 2.12. The summed E-state index contributed by atoms with van der Waals surface area (Å²) in [6.07, 6.45) is 0. The second kappa shape index (κ2) is 5.80. The lowest BCUT2D eigenvalue weighted by molar-refractivity contribution is 0.579. The Hall–Kier alpha value is -2.75. The Morgan fingerprint density at radius 2 is 1.52 bits per heavy atom. The molecule has 2 nitrogen and oxygen atoms in total. The fraction of sp³-hybridized carbons (Fsp3) is 0.105. The molecule has 1 aromatic heterocycles. The van der Waals surface area contributed by atoms with Gasteiger partial charge in [-0.05, 0) is 35.7 Å². The summed E-state index contributed by atoms with van der Waals surface area (Å²) < 4.78 is 33.1. The van der Waals surface area contributed by atoms with Crippen LogP contribution in [0, 0.1) is 11.6 Å². The van der Waals surface area contributed by atoms with Crippen LogP contribution in [0.25, 0.3) is 32.7 Å². The second-order valence-corrected chi connectivity index (χ2v) is 4.86. The zero-order valence-corrected chi connectivity index (χ0v) is 12.7. The highest BCUT2D eigenvalue weighted by atomic mass is 19.1. The molecule has 0 N–H and O–H groups in total. The first-order valence-electron chi connectivity index (χ1n) is 7.38. The van der Waals surface area contributed by atoms with Crippen LogP contribution in [0.4, 0.5) is 8.78 Å².